The third-order valence-corrected chi connectivity index (χ3v) is 1.02. The number of ether oxygens (including phenoxy) is 1. The molecule has 0 fully saturated rings. The number of quaternary nitrogens is 2. The number of carbonyl (C=O) groups is 1. The first-order chi connectivity index (χ1) is 4.81. The zero-order valence-electron chi connectivity index (χ0n) is 6.43. The maximum atomic E-state index is 10.6. The van der Waals surface area contributed by atoms with E-state index >= 15 is 0 Å². The average Bonchev–Trinajstić information content (AvgIpc) is 1.89. The molecule has 60 valence electrons. The summed E-state index contributed by atoms with van der Waals surface area (Å²) in [6, 6.07) is 0. The molecule has 0 unspecified atom stereocenters. The van der Waals surface area contributed by atoms with Gasteiger partial charge < -0.3 is 15.8 Å². The van der Waals surface area contributed by atoms with E-state index in [0.717, 1.165) is 13.1 Å². The highest BCUT2D eigenvalue weighted by Crippen LogP contribution is 1.69. The molecule has 5 N–H and O–H groups in total. The Morgan fingerprint density at radius 2 is 2.40 bits per heavy atom. The van der Waals surface area contributed by atoms with Crippen molar-refractivity contribution in [3.05, 3.63) is 0 Å². The van der Waals surface area contributed by atoms with Crippen LogP contribution in [0.4, 0.5) is 0 Å². The summed E-state index contributed by atoms with van der Waals surface area (Å²) >= 11 is 0. The quantitative estimate of drug-likeness (QED) is 0.330. The summed E-state index contributed by atoms with van der Waals surface area (Å²) in [7, 11) is 0. The summed E-state index contributed by atoms with van der Waals surface area (Å²) in [4.78, 5) is 10.6. The second kappa shape index (κ2) is 6.51. The van der Waals surface area contributed by atoms with E-state index in [2.05, 4.69) is 5.73 Å². The molecule has 0 amide bonds. The Labute approximate surface area is 60.7 Å². The lowest BCUT2D eigenvalue weighted by Crippen LogP contribution is -2.89. The highest BCUT2D eigenvalue weighted by atomic mass is 16.5. The maximum Gasteiger partial charge on any atom is 0.361 e. The van der Waals surface area contributed by atoms with Gasteiger partial charge in [-0.2, -0.15) is 0 Å². The van der Waals surface area contributed by atoms with Gasteiger partial charge in [0.05, 0.1) is 6.61 Å². The fourth-order valence-corrected chi connectivity index (χ4v) is 0.584. The third kappa shape index (κ3) is 5.53. The molecule has 0 radical (unpaired) electrons. The molecule has 0 rings (SSSR count). The van der Waals surface area contributed by atoms with Gasteiger partial charge in [-0.1, -0.05) is 0 Å². The monoisotopic (exact) mass is 148 g/mol. The van der Waals surface area contributed by atoms with Crippen LogP contribution in [-0.2, 0) is 9.53 Å². The lowest BCUT2D eigenvalue weighted by molar-refractivity contribution is -0.661. The summed E-state index contributed by atoms with van der Waals surface area (Å²) in [5.74, 6) is -0.143. The van der Waals surface area contributed by atoms with Gasteiger partial charge >= 0.3 is 5.97 Å². The van der Waals surface area contributed by atoms with Gasteiger partial charge in [0.2, 0.25) is 0 Å². The van der Waals surface area contributed by atoms with E-state index in [0.29, 0.717) is 13.2 Å². The molecule has 0 atom stereocenters. The molecule has 0 aromatic heterocycles. The Hall–Kier alpha value is -0.610. The van der Waals surface area contributed by atoms with Crippen LogP contribution in [0.5, 0.6) is 0 Å². The predicted molar refractivity (Wildman–Crippen MR) is 36.0 cm³/mol. The van der Waals surface area contributed by atoms with Crippen molar-refractivity contribution in [2.24, 2.45) is 0 Å². The van der Waals surface area contributed by atoms with E-state index in [-0.39, 0.29) is 5.97 Å². The Morgan fingerprint density at radius 1 is 1.70 bits per heavy atom. The number of nitrogens with two attached hydrogens (primary N) is 1. The Kier molecular flexibility index (Phi) is 6.11. The number of hydrogen-bond acceptors (Lipinski definition) is 2. The predicted octanol–water partition coefficient (Wildman–Crippen LogP) is -2.65. The number of carbonyl (C=O) groups excluding carboxylic acids is 1. The van der Waals surface area contributed by atoms with Crippen LogP contribution in [0, 0.1) is 0 Å². The van der Waals surface area contributed by atoms with Crippen LogP contribution in [0.1, 0.15) is 6.92 Å². The van der Waals surface area contributed by atoms with Crippen molar-refractivity contribution < 1.29 is 20.6 Å². The minimum Gasteiger partial charge on any atom is -0.462 e. The maximum absolute atomic E-state index is 10.6. The molecule has 0 saturated carbocycles. The van der Waals surface area contributed by atoms with Crippen LogP contribution in [0.15, 0.2) is 0 Å². The van der Waals surface area contributed by atoms with Gasteiger partial charge in [-0.25, -0.2) is 4.79 Å². The lowest BCUT2D eigenvalue weighted by Gasteiger charge is -1.98. The van der Waals surface area contributed by atoms with E-state index in [4.69, 9.17) is 4.74 Å². The minimum absolute atomic E-state index is 0.143. The van der Waals surface area contributed by atoms with Crippen molar-refractivity contribution in [2.45, 2.75) is 6.92 Å². The van der Waals surface area contributed by atoms with Gasteiger partial charge in [0.25, 0.3) is 0 Å². The summed E-state index contributed by atoms with van der Waals surface area (Å²) in [6.07, 6.45) is 0. The normalized spacial score (nSPS) is 9.40. The van der Waals surface area contributed by atoms with Crippen LogP contribution in [0.2, 0.25) is 0 Å². The van der Waals surface area contributed by atoms with Crippen LogP contribution < -0.4 is 11.1 Å². The van der Waals surface area contributed by atoms with Crippen LogP contribution in [-0.4, -0.2) is 32.2 Å². The molecule has 0 aromatic carbocycles. The molecule has 0 aliphatic carbocycles. The van der Waals surface area contributed by atoms with Crippen molar-refractivity contribution in [3.8, 4) is 0 Å². The van der Waals surface area contributed by atoms with E-state index < -0.39 is 0 Å². The zero-order valence-corrected chi connectivity index (χ0v) is 6.43. The topological polar surface area (TPSA) is 70.5 Å². The first-order valence-corrected chi connectivity index (χ1v) is 3.57. The summed E-state index contributed by atoms with van der Waals surface area (Å²) in [6.45, 7) is 4.43. The molecule has 10 heavy (non-hydrogen) atoms. The van der Waals surface area contributed by atoms with E-state index in [1.54, 1.807) is 6.92 Å². The van der Waals surface area contributed by atoms with E-state index in [9.17, 15) is 4.79 Å². The van der Waals surface area contributed by atoms with Gasteiger partial charge in [-0.05, 0) is 6.92 Å². The van der Waals surface area contributed by atoms with Gasteiger partial charge in [-0.15, -0.1) is 0 Å². The summed E-state index contributed by atoms with van der Waals surface area (Å²) in [5.41, 5.74) is 3.65. The Balaban J connectivity index is 3.05. The van der Waals surface area contributed by atoms with Crippen molar-refractivity contribution in [1.82, 2.24) is 0 Å². The number of esters is 1. The molecule has 0 bridgehead atoms. The van der Waals surface area contributed by atoms with Crippen LogP contribution >= 0.6 is 0 Å². The second-order valence-corrected chi connectivity index (χ2v) is 1.94. The van der Waals surface area contributed by atoms with Crippen molar-refractivity contribution in [2.75, 3.05) is 26.2 Å². The molecule has 0 aliphatic rings. The third-order valence-electron chi connectivity index (χ3n) is 1.02. The standard InChI is InChI=1S/C6H14N2O2/c1-2-10-6(9)5-8-4-3-7/h8H,2-5,7H2,1H3/p+2. The Bertz CT molecular complexity index is 95.7. The zero-order chi connectivity index (χ0) is 7.82. The first kappa shape index (κ1) is 9.39. The smallest absolute Gasteiger partial charge is 0.361 e. The van der Waals surface area contributed by atoms with Gasteiger partial charge in [0.1, 0.15) is 13.1 Å². The van der Waals surface area contributed by atoms with Crippen molar-refractivity contribution >= 4 is 5.97 Å². The molecule has 0 saturated heterocycles. The summed E-state index contributed by atoms with van der Waals surface area (Å²) < 4.78 is 4.70. The van der Waals surface area contributed by atoms with Crippen molar-refractivity contribution in [3.63, 3.8) is 0 Å². The molecular formula is C6H16N2O2+2. The van der Waals surface area contributed by atoms with Gasteiger partial charge in [-0.3, -0.25) is 0 Å². The molecule has 4 nitrogen and oxygen atoms in total. The molecule has 0 aromatic rings. The molecular weight excluding hydrogens is 132 g/mol. The first-order valence-electron chi connectivity index (χ1n) is 3.57. The SMILES string of the molecule is CCOC(=O)C[NH2+]CC[NH3+]. The number of hydrogen-bond donors (Lipinski definition) is 2. The minimum atomic E-state index is -0.143. The molecule has 0 heterocycles. The van der Waals surface area contributed by atoms with E-state index in [1.807, 2.05) is 5.32 Å². The van der Waals surface area contributed by atoms with Crippen LogP contribution in [0.3, 0.4) is 0 Å². The van der Waals surface area contributed by atoms with Crippen LogP contribution in [0.25, 0.3) is 0 Å². The number of rotatable bonds is 5. The van der Waals surface area contributed by atoms with Gasteiger partial charge in [0.15, 0.2) is 6.54 Å². The highest BCUT2D eigenvalue weighted by molar-refractivity contribution is 5.70. The molecule has 4 heteroatoms. The van der Waals surface area contributed by atoms with Gasteiger partial charge in [0, 0.05) is 0 Å². The largest absolute Gasteiger partial charge is 0.462 e. The lowest BCUT2D eigenvalue weighted by atomic mass is 10.6. The Morgan fingerprint density at radius 3 is 2.90 bits per heavy atom. The highest BCUT2D eigenvalue weighted by Gasteiger charge is 2.01. The van der Waals surface area contributed by atoms with Crippen molar-refractivity contribution in [1.29, 1.82) is 0 Å². The molecule has 0 aliphatic heterocycles. The summed E-state index contributed by atoms with van der Waals surface area (Å²) in [5, 5.41) is 1.89. The fraction of sp³-hybridized carbons (Fsp3) is 0.833. The second-order valence-electron chi connectivity index (χ2n) is 1.94. The average molecular weight is 148 g/mol. The molecule has 0 spiro atoms. The van der Waals surface area contributed by atoms with E-state index in [1.165, 1.54) is 0 Å². The fourth-order valence-electron chi connectivity index (χ4n) is 0.584.